The second-order valence-corrected chi connectivity index (χ2v) is 9.90. The highest BCUT2D eigenvalue weighted by molar-refractivity contribution is 5.87. The summed E-state index contributed by atoms with van der Waals surface area (Å²) in [6.45, 7) is 1.54. The van der Waals surface area contributed by atoms with Gasteiger partial charge < -0.3 is 9.84 Å². The number of aromatic nitrogens is 2. The average molecular weight is 501 g/mol. The molecule has 4 heterocycles. The van der Waals surface area contributed by atoms with Crippen molar-refractivity contribution in [2.24, 2.45) is 0 Å². The number of benzene rings is 3. The minimum absolute atomic E-state index is 0.101. The van der Waals surface area contributed by atoms with Gasteiger partial charge in [-0.15, -0.1) is 0 Å². The average Bonchev–Trinajstić information content (AvgIpc) is 3.28. The van der Waals surface area contributed by atoms with Crippen LogP contribution in [0.2, 0.25) is 0 Å². The fourth-order valence-electron chi connectivity index (χ4n) is 5.81. The maximum atomic E-state index is 14.1. The van der Waals surface area contributed by atoms with Crippen LogP contribution in [0.3, 0.4) is 0 Å². The number of aliphatic hydroxyl groups is 1. The zero-order chi connectivity index (χ0) is 26.0. The van der Waals surface area contributed by atoms with E-state index in [1.54, 1.807) is 17.6 Å². The van der Waals surface area contributed by atoms with E-state index < -0.39 is 17.6 Å². The van der Waals surface area contributed by atoms with Gasteiger partial charge in [0.2, 0.25) is 0 Å². The number of cyclic esters (lactones) is 1. The van der Waals surface area contributed by atoms with Crippen LogP contribution in [0.15, 0.2) is 95.8 Å². The van der Waals surface area contributed by atoms with E-state index in [0.29, 0.717) is 22.5 Å². The summed E-state index contributed by atoms with van der Waals surface area (Å²) in [5.74, 6) is -0.727. The van der Waals surface area contributed by atoms with Crippen LogP contribution in [0.4, 0.5) is 0 Å². The topological polar surface area (TPSA) is 81.4 Å². The van der Waals surface area contributed by atoms with E-state index in [-0.39, 0.29) is 18.6 Å². The van der Waals surface area contributed by atoms with Crippen molar-refractivity contribution in [3.63, 3.8) is 0 Å². The lowest BCUT2D eigenvalue weighted by Crippen LogP contribution is -2.44. The van der Waals surface area contributed by atoms with Crippen LogP contribution in [-0.2, 0) is 21.7 Å². The first-order chi connectivity index (χ1) is 18.5. The zero-order valence-corrected chi connectivity index (χ0v) is 20.7. The van der Waals surface area contributed by atoms with Gasteiger partial charge in [0, 0.05) is 16.5 Å². The molecule has 7 rings (SSSR count). The number of esters is 1. The lowest BCUT2D eigenvalue weighted by atomic mass is 9.86. The van der Waals surface area contributed by atoms with Gasteiger partial charge in [-0.05, 0) is 41.3 Å². The minimum atomic E-state index is -1.87. The Bertz CT molecular complexity index is 1810. The molecule has 0 fully saturated rings. The van der Waals surface area contributed by atoms with Gasteiger partial charge in [0.1, 0.15) is 6.61 Å². The van der Waals surface area contributed by atoms with Crippen molar-refractivity contribution in [1.29, 1.82) is 0 Å². The Hall–Kier alpha value is -4.55. The zero-order valence-electron chi connectivity index (χ0n) is 20.7. The monoisotopic (exact) mass is 500 g/mol. The number of nitrogens with zero attached hydrogens (tertiary/aromatic N) is 2. The lowest BCUT2D eigenvalue weighted by molar-refractivity contribution is -0.172. The second kappa shape index (κ2) is 8.23. The molecule has 5 aromatic rings. The number of hydrogen-bond donors (Lipinski definition) is 1. The van der Waals surface area contributed by atoms with Crippen LogP contribution in [-0.4, -0.2) is 20.6 Å². The van der Waals surface area contributed by atoms with E-state index in [0.717, 1.165) is 33.2 Å². The predicted octanol–water partition coefficient (Wildman–Crippen LogP) is 5.34. The number of hydrogen-bond acceptors (Lipinski definition) is 5. The summed E-state index contributed by atoms with van der Waals surface area (Å²) >= 11 is 0. The van der Waals surface area contributed by atoms with E-state index in [2.05, 4.69) is 42.5 Å². The standard InChI is InChI=1S/C32H24N2O4/c1-2-32(37)25-17-27-28-23(16-22-10-6-7-11-26(22)33-28)29(34(27)30(35)24(25)18-38-31(32)36)21-14-12-20(13-15-21)19-8-4-3-5-9-19/h3-17,29,37H,2,18H2,1H3/t29?,32-/m0/s1. The smallest absolute Gasteiger partial charge is 0.343 e. The van der Waals surface area contributed by atoms with Gasteiger partial charge in [-0.1, -0.05) is 79.7 Å². The third-order valence-electron chi connectivity index (χ3n) is 7.87. The third kappa shape index (κ3) is 3.13. The number of carbonyl (C=O) groups is 1. The Morgan fingerprint density at radius 1 is 0.947 bits per heavy atom. The minimum Gasteiger partial charge on any atom is -0.458 e. The summed E-state index contributed by atoms with van der Waals surface area (Å²) in [4.78, 5) is 31.6. The summed E-state index contributed by atoms with van der Waals surface area (Å²) in [5.41, 5.74) is 4.61. The molecule has 38 heavy (non-hydrogen) atoms. The molecule has 2 atom stereocenters. The van der Waals surface area contributed by atoms with Crippen molar-refractivity contribution >= 4 is 16.9 Å². The Balaban J connectivity index is 1.49. The Morgan fingerprint density at radius 3 is 2.42 bits per heavy atom. The SMILES string of the molecule is CC[C@@]1(O)C(=O)OCc2c1cc1n(c2=O)C(c2ccc(-c3ccccc3)cc2)c2cc3ccccc3nc2-1. The highest BCUT2D eigenvalue weighted by Gasteiger charge is 2.46. The molecule has 2 aliphatic heterocycles. The number of rotatable bonds is 3. The van der Waals surface area contributed by atoms with Gasteiger partial charge in [0.15, 0.2) is 5.60 Å². The van der Waals surface area contributed by atoms with E-state index in [1.807, 2.05) is 42.5 Å². The van der Waals surface area contributed by atoms with Gasteiger partial charge in [-0.2, -0.15) is 0 Å². The third-order valence-corrected chi connectivity index (χ3v) is 7.87. The molecule has 0 aliphatic carbocycles. The maximum Gasteiger partial charge on any atom is 0.343 e. The maximum absolute atomic E-state index is 14.1. The molecule has 6 heteroatoms. The molecule has 0 saturated carbocycles. The van der Waals surface area contributed by atoms with Crippen molar-refractivity contribution in [3.8, 4) is 22.5 Å². The fourth-order valence-corrected chi connectivity index (χ4v) is 5.81. The number of fused-ring (bicyclic) bond motifs is 5. The van der Waals surface area contributed by atoms with Crippen molar-refractivity contribution in [2.45, 2.75) is 31.6 Å². The molecule has 1 N–H and O–H groups in total. The highest BCUT2D eigenvalue weighted by atomic mass is 16.6. The van der Waals surface area contributed by atoms with Crippen LogP contribution >= 0.6 is 0 Å². The first-order valence-electron chi connectivity index (χ1n) is 12.7. The highest BCUT2D eigenvalue weighted by Crippen LogP contribution is 2.45. The van der Waals surface area contributed by atoms with E-state index in [1.165, 1.54) is 0 Å². The van der Waals surface area contributed by atoms with Crippen LogP contribution in [0.1, 0.15) is 41.6 Å². The van der Waals surface area contributed by atoms with Crippen molar-refractivity contribution in [3.05, 3.63) is 124 Å². The number of para-hydroxylation sites is 1. The van der Waals surface area contributed by atoms with Gasteiger partial charge >= 0.3 is 5.97 Å². The van der Waals surface area contributed by atoms with E-state index in [4.69, 9.17) is 9.72 Å². The van der Waals surface area contributed by atoms with Crippen LogP contribution in [0, 0.1) is 0 Å². The molecule has 0 amide bonds. The van der Waals surface area contributed by atoms with Crippen molar-refractivity contribution < 1.29 is 14.6 Å². The number of carbonyl (C=O) groups excluding carboxylic acids is 1. The second-order valence-electron chi connectivity index (χ2n) is 9.90. The molecular formula is C32H24N2O4. The molecule has 0 spiro atoms. The van der Waals surface area contributed by atoms with E-state index >= 15 is 0 Å². The van der Waals surface area contributed by atoms with Crippen molar-refractivity contribution in [1.82, 2.24) is 9.55 Å². The Kier molecular flexibility index (Phi) is 4.90. The molecule has 3 aromatic carbocycles. The lowest BCUT2D eigenvalue weighted by Gasteiger charge is -2.32. The molecule has 6 nitrogen and oxygen atoms in total. The molecule has 2 aliphatic rings. The van der Waals surface area contributed by atoms with Gasteiger partial charge in [-0.25, -0.2) is 9.78 Å². The predicted molar refractivity (Wildman–Crippen MR) is 145 cm³/mol. The summed E-state index contributed by atoms with van der Waals surface area (Å²) in [7, 11) is 0. The van der Waals surface area contributed by atoms with Crippen LogP contribution < -0.4 is 5.56 Å². The van der Waals surface area contributed by atoms with Crippen LogP contribution in [0.25, 0.3) is 33.4 Å². The number of pyridine rings is 2. The summed E-state index contributed by atoms with van der Waals surface area (Å²) in [6.07, 6.45) is 0.101. The fraction of sp³-hybridized carbons (Fsp3) is 0.156. The molecular weight excluding hydrogens is 476 g/mol. The normalized spacial score (nSPS) is 19.5. The van der Waals surface area contributed by atoms with Crippen molar-refractivity contribution in [2.75, 3.05) is 0 Å². The molecule has 1 unspecified atom stereocenters. The Morgan fingerprint density at radius 2 is 1.66 bits per heavy atom. The van der Waals surface area contributed by atoms with Gasteiger partial charge in [0.05, 0.1) is 28.5 Å². The first-order valence-corrected chi connectivity index (χ1v) is 12.7. The molecule has 0 saturated heterocycles. The van der Waals surface area contributed by atoms with E-state index in [9.17, 15) is 14.7 Å². The van der Waals surface area contributed by atoms with Crippen LogP contribution in [0.5, 0.6) is 0 Å². The van der Waals surface area contributed by atoms with Gasteiger partial charge in [-0.3, -0.25) is 9.36 Å². The molecule has 0 bridgehead atoms. The number of ether oxygens (including phenoxy) is 1. The first kappa shape index (κ1) is 22.6. The molecule has 2 aromatic heterocycles. The quantitative estimate of drug-likeness (QED) is 0.332. The molecule has 186 valence electrons. The summed E-state index contributed by atoms with van der Waals surface area (Å²) in [5, 5.41) is 12.2. The Labute approximate surface area is 218 Å². The summed E-state index contributed by atoms with van der Waals surface area (Å²) in [6, 6.07) is 29.7. The summed E-state index contributed by atoms with van der Waals surface area (Å²) < 4.78 is 7.02. The van der Waals surface area contributed by atoms with Gasteiger partial charge in [0.25, 0.3) is 5.56 Å². The molecule has 0 radical (unpaired) electrons. The largest absolute Gasteiger partial charge is 0.458 e.